The number of hydrogen-bond acceptors (Lipinski definition) is 6. The zero-order valence-corrected chi connectivity index (χ0v) is 20.4. The molecule has 37 heavy (non-hydrogen) atoms. The molecule has 0 spiro atoms. The van der Waals surface area contributed by atoms with Crippen molar-refractivity contribution in [3.05, 3.63) is 73.9 Å². The molecule has 1 aromatic carbocycles. The summed E-state index contributed by atoms with van der Waals surface area (Å²) in [5.74, 6) is -0.796. The maximum absolute atomic E-state index is 13.5. The van der Waals surface area contributed by atoms with Crippen molar-refractivity contribution in [3.8, 4) is 0 Å². The molecule has 1 saturated heterocycles. The fourth-order valence-corrected chi connectivity index (χ4v) is 5.15. The third-order valence-corrected chi connectivity index (χ3v) is 7.06. The monoisotopic (exact) mass is 536 g/mol. The highest BCUT2D eigenvalue weighted by atomic mass is 35.5. The predicted octanol–water partition coefficient (Wildman–Crippen LogP) is 3.52. The quantitative estimate of drug-likeness (QED) is 0.534. The van der Waals surface area contributed by atoms with Crippen LogP contribution in [0.3, 0.4) is 0 Å². The smallest absolute Gasteiger partial charge is 0.364 e. The molecule has 2 aromatic heterocycles. The van der Waals surface area contributed by atoms with E-state index in [0.717, 1.165) is 18.9 Å². The first-order valence-electron chi connectivity index (χ1n) is 11.8. The number of rotatable bonds is 5. The Morgan fingerprint density at radius 1 is 1.24 bits per heavy atom. The largest absolute Gasteiger partial charge is 0.416 e. The summed E-state index contributed by atoms with van der Waals surface area (Å²) in [6.07, 6.45) is -0.672. The van der Waals surface area contributed by atoms with Crippen LogP contribution in [0.4, 0.5) is 18.9 Å². The van der Waals surface area contributed by atoms with Crippen LogP contribution in [0, 0.1) is 0 Å². The van der Waals surface area contributed by atoms with E-state index in [0.29, 0.717) is 42.9 Å². The Morgan fingerprint density at radius 3 is 2.73 bits per heavy atom. The molecule has 4 heterocycles. The molecule has 196 valence electrons. The molecule has 1 atom stereocenters. The fraction of sp³-hybridized carbons (Fsp3) is 0.417. The van der Waals surface area contributed by atoms with Gasteiger partial charge in [-0.25, -0.2) is 0 Å². The molecular formula is C24H24ClF3N6O3. The maximum atomic E-state index is 13.5. The lowest BCUT2D eigenvalue weighted by Gasteiger charge is -2.30. The van der Waals surface area contributed by atoms with Crippen LogP contribution < -0.4 is 16.2 Å². The minimum atomic E-state index is -4.53. The number of ether oxygens (including phenoxy) is 1. The number of halogens is 4. The molecule has 5 rings (SSSR count). The third-order valence-electron chi connectivity index (χ3n) is 6.70. The molecule has 0 radical (unpaired) electrons. The zero-order chi connectivity index (χ0) is 26.3. The third kappa shape index (κ3) is 4.82. The molecule has 1 unspecified atom stereocenters. The van der Waals surface area contributed by atoms with E-state index in [4.69, 9.17) is 22.1 Å². The Kier molecular flexibility index (Phi) is 6.71. The Labute approximate surface area is 214 Å². The van der Waals surface area contributed by atoms with Gasteiger partial charge in [0, 0.05) is 37.4 Å². The highest BCUT2D eigenvalue weighted by molar-refractivity contribution is 6.33. The van der Waals surface area contributed by atoms with Gasteiger partial charge in [-0.3, -0.25) is 14.3 Å². The molecule has 0 aliphatic carbocycles. The number of amides is 1. The minimum absolute atomic E-state index is 0.0273. The highest BCUT2D eigenvalue weighted by Gasteiger charge is 2.34. The Balaban J connectivity index is 1.46. The second kappa shape index (κ2) is 9.82. The number of carbonyl (C=O) groups is 1. The maximum Gasteiger partial charge on any atom is 0.416 e. The molecule has 0 bridgehead atoms. The Bertz CT molecular complexity index is 1400. The van der Waals surface area contributed by atoms with Crippen molar-refractivity contribution in [3.63, 3.8) is 0 Å². The van der Waals surface area contributed by atoms with Crippen molar-refractivity contribution in [1.82, 2.24) is 19.6 Å². The van der Waals surface area contributed by atoms with Crippen molar-refractivity contribution in [1.29, 1.82) is 0 Å². The number of alkyl halides is 3. The van der Waals surface area contributed by atoms with Crippen LogP contribution in [0.2, 0.25) is 5.02 Å². The lowest BCUT2D eigenvalue weighted by molar-refractivity contribution is -0.138. The summed E-state index contributed by atoms with van der Waals surface area (Å²) in [4.78, 5) is 26.9. The SMILES string of the molecule is NC(=O)c1nn(Cc2ccccc2C(F)(F)F)c2c1CN(c1cnn(C3CCCCO3)c(=O)c1Cl)CC2. The first kappa shape index (κ1) is 25.3. The van der Waals surface area contributed by atoms with E-state index >= 15 is 0 Å². The van der Waals surface area contributed by atoms with Crippen molar-refractivity contribution in [2.45, 2.75) is 51.2 Å². The summed E-state index contributed by atoms with van der Waals surface area (Å²) in [5, 5.41) is 8.52. The van der Waals surface area contributed by atoms with Gasteiger partial charge in [0.05, 0.1) is 24.0 Å². The first-order valence-corrected chi connectivity index (χ1v) is 12.2. The van der Waals surface area contributed by atoms with E-state index in [1.807, 2.05) is 0 Å². The summed E-state index contributed by atoms with van der Waals surface area (Å²) in [5.41, 5.74) is 5.79. The number of nitrogens with zero attached hydrogens (tertiary/aromatic N) is 5. The van der Waals surface area contributed by atoms with Gasteiger partial charge < -0.3 is 15.4 Å². The number of carbonyl (C=O) groups excluding carboxylic acids is 1. The van der Waals surface area contributed by atoms with Gasteiger partial charge in [0.1, 0.15) is 5.02 Å². The summed E-state index contributed by atoms with van der Waals surface area (Å²) >= 11 is 6.46. The van der Waals surface area contributed by atoms with Crippen LogP contribution in [-0.4, -0.2) is 38.6 Å². The van der Waals surface area contributed by atoms with Gasteiger partial charge in [0.25, 0.3) is 11.5 Å². The van der Waals surface area contributed by atoms with Crippen molar-refractivity contribution < 1.29 is 22.7 Å². The summed E-state index contributed by atoms with van der Waals surface area (Å²) < 4.78 is 48.8. The summed E-state index contributed by atoms with van der Waals surface area (Å²) in [6, 6.07) is 5.24. The Hall–Kier alpha value is -3.38. The number of anilines is 1. The van der Waals surface area contributed by atoms with Crippen LogP contribution >= 0.6 is 11.6 Å². The van der Waals surface area contributed by atoms with E-state index in [1.165, 1.54) is 33.8 Å². The highest BCUT2D eigenvalue weighted by Crippen LogP contribution is 2.34. The van der Waals surface area contributed by atoms with Gasteiger partial charge in [-0.1, -0.05) is 29.8 Å². The number of fused-ring (bicyclic) bond motifs is 1. The standard InChI is InChI=1S/C24H24ClF3N6O3/c25-20-18(11-30-34(23(20)36)19-7-3-4-10-37-19)32-9-8-17-15(13-32)21(22(29)35)31-33(17)12-14-5-1-2-6-16(14)24(26,27)28/h1-2,5-6,11,19H,3-4,7-10,12-13H2,(H2,29,35). The van der Waals surface area contributed by atoms with Gasteiger partial charge >= 0.3 is 6.18 Å². The molecular weight excluding hydrogens is 513 g/mol. The molecule has 1 amide bonds. The van der Waals surface area contributed by atoms with E-state index in [1.54, 1.807) is 4.90 Å². The van der Waals surface area contributed by atoms with E-state index in [-0.39, 0.29) is 29.4 Å². The average Bonchev–Trinajstić information content (AvgIpc) is 3.24. The van der Waals surface area contributed by atoms with Crippen LogP contribution in [0.1, 0.15) is 58.4 Å². The molecule has 2 aliphatic heterocycles. The molecule has 1 fully saturated rings. The minimum Gasteiger partial charge on any atom is -0.364 e. The molecule has 9 nitrogen and oxygen atoms in total. The average molecular weight is 537 g/mol. The van der Waals surface area contributed by atoms with Crippen LogP contribution in [-0.2, 0) is 30.4 Å². The van der Waals surface area contributed by atoms with Gasteiger partial charge in [0.15, 0.2) is 11.9 Å². The molecule has 2 aliphatic rings. The van der Waals surface area contributed by atoms with Gasteiger partial charge in [0.2, 0.25) is 0 Å². The second-order valence-electron chi connectivity index (χ2n) is 9.04. The van der Waals surface area contributed by atoms with Gasteiger partial charge in [-0.2, -0.15) is 28.1 Å². The van der Waals surface area contributed by atoms with Crippen LogP contribution in [0.25, 0.3) is 0 Å². The Morgan fingerprint density at radius 2 is 2.03 bits per heavy atom. The van der Waals surface area contributed by atoms with Crippen LogP contribution in [0.15, 0.2) is 35.3 Å². The lowest BCUT2D eigenvalue weighted by atomic mass is 10.0. The van der Waals surface area contributed by atoms with Gasteiger partial charge in [-0.15, -0.1) is 0 Å². The first-order chi connectivity index (χ1) is 17.6. The van der Waals surface area contributed by atoms with Crippen molar-refractivity contribution >= 4 is 23.2 Å². The summed E-state index contributed by atoms with van der Waals surface area (Å²) in [6.45, 7) is 0.882. The normalized spacial score (nSPS) is 18.1. The van der Waals surface area contributed by atoms with E-state index in [2.05, 4.69) is 10.2 Å². The zero-order valence-electron chi connectivity index (χ0n) is 19.7. The summed E-state index contributed by atoms with van der Waals surface area (Å²) in [7, 11) is 0. The van der Waals surface area contributed by atoms with E-state index in [9.17, 15) is 22.8 Å². The number of benzene rings is 1. The molecule has 13 heteroatoms. The number of primary amides is 1. The number of hydrogen-bond donors (Lipinski definition) is 1. The van der Waals surface area contributed by atoms with Gasteiger partial charge in [-0.05, 0) is 30.9 Å². The van der Waals surface area contributed by atoms with Crippen LogP contribution in [0.5, 0.6) is 0 Å². The second-order valence-corrected chi connectivity index (χ2v) is 9.41. The molecule has 0 saturated carbocycles. The number of aromatic nitrogens is 4. The number of nitrogens with two attached hydrogens (primary N) is 1. The fourth-order valence-electron chi connectivity index (χ4n) is 4.90. The molecule has 3 aromatic rings. The molecule has 2 N–H and O–H groups in total. The topological polar surface area (TPSA) is 108 Å². The van der Waals surface area contributed by atoms with E-state index < -0.39 is 29.4 Å². The van der Waals surface area contributed by atoms with Crippen molar-refractivity contribution in [2.75, 3.05) is 18.1 Å². The van der Waals surface area contributed by atoms with Crippen molar-refractivity contribution in [2.24, 2.45) is 5.73 Å². The predicted molar refractivity (Wildman–Crippen MR) is 128 cm³/mol. The lowest BCUT2D eigenvalue weighted by Crippen LogP contribution is -2.36.